The minimum absolute atomic E-state index is 0.349. The van der Waals surface area contributed by atoms with E-state index in [1.54, 1.807) is 25.1 Å². The van der Waals surface area contributed by atoms with Crippen molar-refractivity contribution < 1.29 is 9.59 Å². The molecule has 0 aliphatic heterocycles. The largest absolute Gasteiger partial charge is 0.363 e. The quantitative estimate of drug-likeness (QED) is 0.629. The summed E-state index contributed by atoms with van der Waals surface area (Å²) in [5, 5.41) is 0. The first-order chi connectivity index (χ1) is 6.02. The van der Waals surface area contributed by atoms with Crippen LogP contribution in [0.2, 0.25) is 0 Å². The zero-order valence-corrected chi connectivity index (χ0v) is 8.59. The highest BCUT2D eigenvalue weighted by atomic mass is 79.9. The summed E-state index contributed by atoms with van der Waals surface area (Å²) >= 11 is 3.21. The number of primary amides is 1. The summed E-state index contributed by atoms with van der Waals surface area (Å²) in [5.74, 6) is -1.58. The number of hydrogen-bond donors (Lipinski definition) is 1. The Morgan fingerprint density at radius 2 is 2.00 bits per heavy atom. The average molecular weight is 242 g/mol. The maximum atomic E-state index is 11.2. The summed E-state index contributed by atoms with van der Waals surface area (Å²) in [5.41, 5.74) is 5.97. The van der Waals surface area contributed by atoms with Gasteiger partial charge in [-0.2, -0.15) is 0 Å². The molecule has 0 unspecified atom stereocenters. The highest BCUT2D eigenvalue weighted by Crippen LogP contribution is 2.16. The number of nitrogens with two attached hydrogens (primary N) is 1. The molecule has 0 spiro atoms. The molecule has 3 nitrogen and oxygen atoms in total. The van der Waals surface area contributed by atoms with Crippen LogP contribution in [0.25, 0.3) is 0 Å². The molecule has 2 N–H and O–H groups in total. The van der Waals surface area contributed by atoms with Crippen LogP contribution >= 0.6 is 15.9 Å². The van der Waals surface area contributed by atoms with E-state index in [1.165, 1.54) is 0 Å². The van der Waals surface area contributed by atoms with Gasteiger partial charge in [0.05, 0.1) is 0 Å². The van der Waals surface area contributed by atoms with Crippen molar-refractivity contribution in [1.82, 2.24) is 0 Å². The fourth-order valence-corrected chi connectivity index (χ4v) is 1.33. The summed E-state index contributed by atoms with van der Waals surface area (Å²) in [6, 6.07) is 5.13. The Kier molecular flexibility index (Phi) is 2.83. The first-order valence-electron chi connectivity index (χ1n) is 3.62. The number of amides is 1. The van der Waals surface area contributed by atoms with Gasteiger partial charge < -0.3 is 5.73 Å². The van der Waals surface area contributed by atoms with E-state index >= 15 is 0 Å². The summed E-state index contributed by atoms with van der Waals surface area (Å²) in [4.78, 5) is 21.8. The second kappa shape index (κ2) is 3.70. The number of ketones is 1. The number of Topliss-reactive ketones (excluding diaryl/α,β-unsaturated/α-hetero) is 1. The molecule has 0 aliphatic carbocycles. The van der Waals surface area contributed by atoms with E-state index in [0.29, 0.717) is 5.56 Å². The first kappa shape index (κ1) is 9.92. The first-order valence-corrected chi connectivity index (χ1v) is 4.42. The molecular formula is C9H8BrNO2. The number of carbonyl (C=O) groups is 2. The van der Waals surface area contributed by atoms with Crippen molar-refractivity contribution in [3.05, 3.63) is 33.8 Å². The topological polar surface area (TPSA) is 60.2 Å². The summed E-state index contributed by atoms with van der Waals surface area (Å²) in [6.07, 6.45) is 0. The van der Waals surface area contributed by atoms with Crippen LogP contribution < -0.4 is 5.73 Å². The average Bonchev–Trinajstić information content (AvgIpc) is 2.08. The number of benzene rings is 1. The van der Waals surface area contributed by atoms with Crippen LogP contribution in [0.1, 0.15) is 15.9 Å². The lowest BCUT2D eigenvalue weighted by atomic mass is 10.0. The molecule has 1 aromatic carbocycles. The predicted molar refractivity (Wildman–Crippen MR) is 52.4 cm³/mol. The highest BCUT2D eigenvalue weighted by Gasteiger charge is 2.14. The molecule has 1 aromatic rings. The van der Waals surface area contributed by atoms with E-state index in [1.807, 2.05) is 0 Å². The van der Waals surface area contributed by atoms with Gasteiger partial charge >= 0.3 is 0 Å². The molecule has 0 heterocycles. The van der Waals surface area contributed by atoms with Gasteiger partial charge in [-0.05, 0) is 24.6 Å². The molecular weight excluding hydrogens is 234 g/mol. The van der Waals surface area contributed by atoms with Crippen molar-refractivity contribution in [2.24, 2.45) is 5.73 Å². The molecule has 13 heavy (non-hydrogen) atoms. The minimum atomic E-state index is -0.929. The van der Waals surface area contributed by atoms with E-state index in [2.05, 4.69) is 15.9 Å². The molecule has 1 amide bonds. The van der Waals surface area contributed by atoms with Gasteiger partial charge in [0.25, 0.3) is 5.91 Å². The van der Waals surface area contributed by atoms with E-state index in [9.17, 15) is 9.59 Å². The predicted octanol–water partition coefficient (Wildman–Crippen LogP) is 1.43. The molecule has 0 saturated carbocycles. The Bertz CT molecular complexity index is 374. The molecule has 68 valence electrons. The lowest BCUT2D eigenvalue weighted by Gasteiger charge is -2.01. The van der Waals surface area contributed by atoms with Gasteiger partial charge in [0, 0.05) is 10.0 Å². The summed E-state index contributed by atoms with van der Waals surface area (Å²) < 4.78 is 0.753. The fraction of sp³-hybridized carbons (Fsp3) is 0.111. The lowest BCUT2D eigenvalue weighted by Crippen LogP contribution is -2.23. The van der Waals surface area contributed by atoms with Gasteiger partial charge in [0.15, 0.2) is 0 Å². The Labute approximate surface area is 84.1 Å². The van der Waals surface area contributed by atoms with Gasteiger partial charge in [0.2, 0.25) is 5.78 Å². The minimum Gasteiger partial charge on any atom is -0.363 e. The third-order valence-electron chi connectivity index (χ3n) is 1.67. The third-order valence-corrected chi connectivity index (χ3v) is 2.16. The molecule has 1 rings (SSSR count). The van der Waals surface area contributed by atoms with Gasteiger partial charge in [-0.1, -0.05) is 22.0 Å². The number of halogens is 1. The van der Waals surface area contributed by atoms with Crippen molar-refractivity contribution in [2.45, 2.75) is 6.92 Å². The fourth-order valence-electron chi connectivity index (χ4n) is 0.972. The Balaban J connectivity index is 3.21. The summed E-state index contributed by atoms with van der Waals surface area (Å²) in [6.45, 7) is 1.75. The SMILES string of the molecule is Cc1ccc(Br)cc1C(=O)C(N)=O. The maximum Gasteiger partial charge on any atom is 0.289 e. The van der Waals surface area contributed by atoms with Gasteiger partial charge in [-0.25, -0.2) is 0 Å². The number of carbonyl (C=O) groups excluding carboxylic acids is 2. The Morgan fingerprint density at radius 1 is 1.38 bits per heavy atom. The van der Waals surface area contributed by atoms with E-state index < -0.39 is 11.7 Å². The number of aryl methyl sites for hydroxylation is 1. The zero-order chi connectivity index (χ0) is 10.0. The lowest BCUT2D eigenvalue weighted by molar-refractivity contribution is -0.114. The molecule has 4 heteroatoms. The van der Waals surface area contributed by atoms with Crippen molar-refractivity contribution in [2.75, 3.05) is 0 Å². The molecule has 0 aliphatic rings. The van der Waals surface area contributed by atoms with Crippen LogP contribution in [0.5, 0.6) is 0 Å². The Morgan fingerprint density at radius 3 is 2.54 bits per heavy atom. The van der Waals surface area contributed by atoms with E-state index in [0.717, 1.165) is 10.0 Å². The van der Waals surface area contributed by atoms with Crippen LogP contribution in [-0.4, -0.2) is 11.7 Å². The maximum absolute atomic E-state index is 11.2. The highest BCUT2D eigenvalue weighted by molar-refractivity contribution is 9.10. The van der Waals surface area contributed by atoms with Crippen molar-refractivity contribution in [3.8, 4) is 0 Å². The van der Waals surface area contributed by atoms with Crippen molar-refractivity contribution in [1.29, 1.82) is 0 Å². The normalized spacial score (nSPS) is 9.69. The van der Waals surface area contributed by atoms with Crippen LogP contribution in [0.15, 0.2) is 22.7 Å². The Hall–Kier alpha value is -1.16. The van der Waals surface area contributed by atoms with Crippen molar-refractivity contribution >= 4 is 27.6 Å². The van der Waals surface area contributed by atoms with Gasteiger partial charge in [-0.15, -0.1) is 0 Å². The van der Waals surface area contributed by atoms with Crippen LogP contribution in [0, 0.1) is 6.92 Å². The van der Waals surface area contributed by atoms with Crippen LogP contribution in [-0.2, 0) is 4.79 Å². The second-order valence-electron chi connectivity index (χ2n) is 2.65. The molecule has 0 bridgehead atoms. The van der Waals surface area contributed by atoms with E-state index in [-0.39, 0.29) is 0 Å². The second-order valence-corrected chi connectivity index (χ2v) is 3.57. The molecule has 0 atom stereocenters. The van der Waals surface area contributed by atoms with Gasteiger partial charge in [0.1, 0.15) is 0 Å². The monoisotopic (exact) mass is 241 g/mol. The van der Waals surface area contributed by atoms with Crippen molar-refractivity contribution in [3.63, 3.8) is 0 Å². The number of rotatable bonds is 2. The molecule has 0 aromatic heterocycles. The van der Waals surface area contributed by atoms with Crippen LogP contribution in [0.3, 0.4) is 0 Å². The van der Waals surface area contributed by atoms with Crippen LogP contribution in [0.4, 0.5) is 0 Å². The van der Waals surface area contributed by atoms with E-state index in [4.69, 9.17) is 5.73 Å². The van der Waals surface area contributed by atoms with Gasteiger partial charge in [-0.3, -0.25) is 9.59 Å². The standard InChI is InChI=1S/C9H8BrNO2/c1-5-2-3-6(10)4-7(5)8(12)9(11)13/h2-4H,1H3,(H2,11,13). The zero-order valence-electron chi connectivity index (χ0n) is 7.00. The molecule has 0 fully saturated rings. The molecule has 0 saturated heterocycles. The number of hydrogen-bond acceptors (Lipinski definition) is 2. The third kappa shape index (κ3) is 2.15. The smallest absolute Gasteiger partial charge is 0.289 e. The molecule has 0 radical (unpaired) electrons. The summed E-state index contributed by atoms with van der Waals surface area (Å²) in [7, 11) is 0.